The normalized spacial score (nSPS) is 14.3. The molecule has 46 heavy (non-hydrogen) atoms. The van der Waals surface area contributed by atoms with Crippen LogP contribution in [-0.2, 0) is 30.6 Å². The SMILES string of the molecule is O=C(N[C@H](Cc1c[nH]c2ccccc12)c1nnc(CCc2ccccc2)n1Cc1ccc(-c2ccccc2)cc1)C1CCNCC1. The van der Waals surface area contributed by atoms with Crippen molar-refractivity contribution in [1.82, 2.24) is 30.4 Å². The van der Waals surface area contributed by atoms with Crippen molar-refractivity contribution in [3.05, 3.63) is 144 Å². The number of para-hydroxylation sites is 1. The predicted octanol–water partition coefficient (Wildman–Crippen LogP) is 6.66. The van der Waals surface area contributed by atoms with E-state index in [1.54, 1.807) is 0 Å². The lowest BCUT2D eigenvalue weighted by Gasteiger charge is -2.26. The molecule has 6 aromatic rings. The number of H-pyrrole nitrogens is 1. The molecule has 0 saturated carbocycles. The Morgan fingerprint density at radius 3 is 2.26 bits per heavy atom. The number of carbonyl (C=O) groups excluding carboxylic acids is 1. The number of aryl methyl sites for hydroxylation is 2. The lowest BCUT2D eigenvalue weighted by Crippen LogP contribution is -2.41. The number of benzene rings is 4. The Balaban J connectivity index is 1.23. The van der Waals surface area contributed by atoms with Crippen LogP contribution in [0.4, 0.5) is 0 Å². The molecule has 232 valence electrons. The number of hydrogen-bond acceptors (Lipinski definition) is 4. The number of carbonyl (C=O) groups is 1. The fourth-order valence-electron chi connectivity index (χ4n) is 6.58. The Kier molecular flexibility index (Phi) is 9.01. The van der Waals surface area contributed by atoms with Crippen molar-refractivity contribution >= 4 is 16.8 Å². The first kappa shape index (κ1) is 29.7. The van der Waals surface area contributed by atoms with E-state index in [4.69, 9.17) is 10.2 Å². The Morgan fingerprint density at radius 1 is 0.783 bits per heavy atom. The summed E-state index contributed by atoms with van der Waals surface area (Å²) in [5, 5.41) is 17.6. The molecule has 3 N–H and O–H groups in total. The molecule has 0 spiro atoms. The van der Waals surface area contributed by atoms with Crippen LogP contribution in [0.25, 0.3) is 22.0 Å². The maximum Gasteiger partial charge on any atom is 0.223 e. The van der Waals surface area contributed by atoms with Crippen molar-refractivity contribution in [2.75, 3.05) is 13.1 Å². The molecule has 2 aromatic heterocycles. The summed E-state index contributed by atoms with van der Waals surface area (Å²) in [4.78, 5) is 17.1. The standard InChI is InChI=1S/C39H40N6O/c46-39(32-21-23-40-24-22-32)42-36(25-33-26-41-35-14-8-7-13-34(33)35)38-44-43-37(20-17-28-9-3-1-4-10-28)45(38)27-29-15-18-31(19-16-29)30-11-5-2-6-12-30/h1-16,18-19,26,32,36,40-41H,17,20-25,27H2,(H,42,46)/t36-/m1/s1. The molecule has 1 saturated heterocycles. The smallest absolute Gasteiger partial charge is 0.223 e. The number of piperidine rings is 1. The number of amides is 1. The molecular weight excluding hydrogens is 568 g/mol. The highest BCUT2D eigenvalue weighted by Crippen LogP contribution is 2.27. The third kappa shape index (κ3) is 6.80. The fraction of sp³-hybridized carbons (Fsp3) is 0.256. The summed E-state index contributed by atoms with van der Waals surface area (Å²) in [7, 11) is 0. The Labute approximate surface area is 270 Å². The van der Waals surface area contributed by atoms with Gasteiger partial charge in [0.05, 0.1) is 12.6 Å². The van der Waals surface area contributed by atoms with E-state index < -0.39 is 0 Å². The van der Waals surface area contributed by atoms with Gasteiger partial charge in [0.15, 0.2) is 5.82 Å². The summed E-state index contributed by atoms with van der Waals surface area (Å²) in [6.07, 6.45) is 5.97. The van der Waals surface area contributed by atoms with Gasteiger partial charge in [0.25, 0.3) is 0 Å². The number of nitrogens with one attached hydrogen (secondary N) is 3. The fourth-order valence-corrected chi connectivity index (χ4v) is 6.58. The van der Waals surface area contributed by atoms with Crippen LogP contribution >= 0.6 is 0 Å². The summed E-state index contributed by atoms with van der Waals surface area (Å²) in [5.41, 5.74) is 7.05. The minimum Gasteiger partial charge on any atom is -0.361 e. The predicted molar refractivity (Wildman–Crippen MR) is 183 cm³/mol. The lowest BCUT2D eigenvalue weighted by atomic mass is 9.96. The summed E-state index contributed by atoms with van der Waals surface area (Å²) >= 11 is 0. The van der Waals surface area contributed by atoms with Gasteiger partial charge in [-0.1, -0.05) is 103 Å². The average molecular weight is 609 g/mol. The Hall–Kier alpha value is -5.01. The molecule has 1 fully saturated rings. The van der Waals surface area contributed by atoms with Gasteiger partial charge in [-0.15, -0.1) is 10.2 Å². The van der Waals surface area contributed by atoms with E-state index in [-0.39, 0.29) is 17.9 Å². The van der Waals surface area contributed by atoms with Crippen molar-refractivity contribution < 1.29 is 4.79 Å². The first-order valence-corrected chi connectivity index (χ1v) is 16.4. The van der Waals surface area contributed by atoms with Crippen LogP contribution < -0.4 is 10.6 Å². The second-order valence-electron chi connectivity index (χ2n) is 12.3. The first-order chi connectivity index (χ1) is 22.7. The molecule has 7 nitrogen and oxygen atoms in total. The second kappa shape index (κ2) is 14.0. The number of fused-ring (bicyclic) bond motifs is 1. The quantitative estimate of drug-likeness (QED) is 0.154. The highest BCUT2D eigenvalue weighted by atomic mass is 16.2. The molecule has 1 amide bonds. The highest BCUT2D eigenvalue weighted by Gasteiger charge is 2.28. The number of rotatable bonds is 11. The van der Waals surface area contributed by atoms with Gasteiger partial charge in [-0.25, -0.2) is 0 Å². The molecule has 0 bridgehead atoms. The molecule has 1 aliphatic rings. The maximum atomic E-state index is 13.7. The minimum atomic E-state index is -0.330. The molecule has 3 heterocycles. The second-order valence-corrected chi connectivity index (χ2v) is 12.3. The van der Waals surface area contributed by atoms with Crippen molar-refractivity contribution in [2.24, 2.45) is 5.92 Å². The molecule has 1 aliphatic heterocycles. The van der Waals surface area contributed by atoms with E-state index in [1.807, 2.05) is 18.2 Å². The van der Waals surface area contributed by atoms with Gasteiger partial charge in [0.2, 0.25) is 5.91 Å². The molecule has 1 atom stereocenters. The largest absolute Gasteiger partial charge is 0.361 e. The van der Waals surface area contributed by atoms with E-state index in [0.717, 1.165) is 72.5 Å². The van der Waals surface area contributed by atoms with Crippen LogP contribution in [0.1, 0.15) is 47.2 Å². The van der Waals surface area contributed by atoms with Crippen LogP contribution in [0.3, 0.4) is 0 Å². The molecule has 0 radical (unpaired) electrons. The van der Waals surface area contributed by atoms with Crippen molar-refractivity contribution in [2.45, 2.75) is 44.7 Å². The summed E-state index contributed by atoms with van der Waals surface area (Å²) < 4.78 is 2.24. The van der Waals surface area contributed by atoms with E-state index in [2.05, 4.69) is 117 Å². The van der Waals surface area contributed by atoms with Gasteiger partial charge in [0.1, 0.15) is 5.82 Å². The van der Waals surface area contributed by atoms with Gasteiger partial charge in [0, 0.05) is 35.9 Å². The number of aromatic nitrogens is 4. The van der Waals surface area contributed by atoms with Gasteiger partial charge in [-0.3, -0.25) is 4.79 Å². The van der Waals surface area contributed by atoms with Crippen molar-refractivity contribution in [1.29, 1.82) is 0 Å². The van der Waals surface area contributed by atoms with Crippen LogP contribution in [0, 0.1) is 5.92 Å². The summed E-state index contributed by atoms with van der Waals surface area (Å²) in [6, 6.07) is 37.7. The van der Waals surface area contributed by atoms with E-state index in [0.29, 0.717) is 13.0 Å². The van der Waals surface area contributed by atoms with Crippen LogP contribution in [0.15, 0.2) is 115 Å². The van der Waals surface area contributed by atoms with Gasteiger partial charge < -0.3 is 20.2 Å². The number of nitrogens with zero attached hydrogens (tertiary/aromatic N) is 3. The first-order valence-electron chi connectivity index (χ1n) is 16.4. The number of hydrogen-bond donors (Lipinski definition) is 3. The Bertz CT molecular complexity index is 1870. The zero-order valence-corrected chi connectivity index (χ0v) is 26.0. The third-order valence-electron chi connectivity index (χ3n) is 9.17. The molecule has 7 heteroatoms. The Morgan fingerprint density at radius 2 is 1.48 bits per heavy atom. The highest BCUT2D eigenvalue weighted by molar-refractivity contribution is 5.83. The molecule has 7 rings (SSSR count). The van der Waals surface area contributed by atoms with Crippen molar-refractivity contribution in [3.63, 3.8) is 0 Å². The molecule has 0 aliphatic carbocycles. The van der Waals surface area contributed by atoms with Gasteiger partial charge >= 0.3 is 0 Å². The topological polar surface area (TPSA) is 87.6 Å². The zero-order valence-electron chi connectivity index (χ0n) is 26.0. The average Bonchev–Trinajstić information content (AvgIpc) is 3.72. The summed E-state index contributed by atoms with van der Waals surface area (Å²) in [6.45, 7) is 2.35. The summed E-state index contributed by atoms with van der Waals surface area (Å²) in [5.74, 6) is 1.80. The van der Waals surface area contributed by atoms with Gasteiger partial charge in [-0.05, 0) is 66.2 Å². The third-order valence-corrected chi connectivity index (χ3v) is 9.17. The van der Waals surface area contributed by atoms with E-state index in [9.17, 15) is 4.79 Å². The molecular formula is C39H40N6O. The van der Waals surface area contributed by atoms with Crippen molar-refractivity contribution in [3.8, 4) is 11.1 Å². The maximum absolute atomic E-state index is 13.7. The zero-order chi connectivity index (χ0) is 31.1. The monoisotopic (exact) mass is 608 g/mol. The van der Waals surface area contributed by atoms with Crippen LogP contribution in [-0.4, -0.2) is 38.7 Å². The molecule has 4 aromatic carbocycles. The minimum absolute atomic E-state index is 0.00817. The van der Waals surface area contributed by atoms with E-state index >= 15 is 0 Å². The van der Waals surface area contributed by atoms with Gasteiger partial charge in [-0.2, -0.15) is 0 Å². The van der Waals surface area contributed by atoms with Crippen LogP contribution in [0.2, 0.25) is 0 Å². The molecule has 0 unspecified atom stereocenters. The van der Waals surface area contributed by atoms with Crippen LogP contribution in [0.5, 0.6) is 0 Å². The lowest BCUT2D eigenvalue weighted by molar-refractivity contribution is -0.126. The van der Waals surface area contributed by atoms with E-state index in [1.165, 1.54) is 16.7 Å². The number of aromatic amines is 1.